The van der Waals surface area contributed by atoms with E-state index in [9.17, 15) is 4.39 Å². The summed E-state index contributed by atoms with van der Waals surface area (Å²) in [4.78, 5) is 0. The van der Waals surface area contributed by atoms with Crippen molar-refractivity contribution in [2.45, 2.75) is 5.88 Å². The highest BCUT2D eigenvalue weighted by Crippen LogP contribution is 2.27. The van der Waals surface area contributed by atoms with Crippen molar-refractivity contribution in [2.24, 2.45) is 0 Å². The Morgan fingerprint density at radius 1 is 1.09 bits per heavy atom. The quantitative estimate of drug-likeness (QED) is 0.687. The molecule has 0 spiro atoms. The van der Waals surface area contributed by atoms with E-state index in [0.717, 1.165) is 22.7 Å². The number of halogens is 2. The highest BCUT2D eigenvalue weighted by Gasteiger charge is 2.15. The largest absolute Gasteiger partial charge is 0.497 e. The fraction of sp³-hybridized carbons (Fsp3) is 0.125. The number of methoxy groups -OCH3 is 1. The van der Waals surface area contributed by atoms with Gasteiger partial charge in [-0.2, -0.15) is 0 Å². The maximum atomic E-state index is 13.1. The van der Waals surface area contributed by atoms with Crippen LogP contribution >= 0.6 is 11.6 Å². The number of hydrogen-bond acceptors (Lipinski definition) is 3. The number of hydrogen-bond donors (Lipinski definition) is 0. The standard InChI is InChI=1S/C16H13ClFN3O/c1-22-14-8-6-13(7-9-14)21-16(15(10-17)19-20-21)11-2-4-12(18)5-3-11/h2-9H,10H2,1H3. The number of nitrogens with zero attached hydrogens (tertiary/aromatic N) is 3. The molecule has 0 bridgehead atoms. The first-order chi connectivity index (χ1) is 10.7. The second-order valence-corrected chi connectivity index (χ2v) is 4.90. The predicted octanol–water partition coefficient (Wildman–Crippen LogP) is 3.82. The van der Waals surface area contributed by atoms with Gasteiger partial charge in [0, 0.05) is 5.56 Å². The summed E-state index contributed by atoms with van der Waals surface area (Å²) < 4.78 is 20.0. The molecule has 4 nitrogen and oxygen atoms in total. The molecule has 22 heavy (non-hydrogen) atoms. The van der Waals surface area contributed by atoms with Gasteiger partial charge in [-0.1, -0.05) is 5.21 Å². The van der Waals surface area contributed by atoms with Gasteiger partial charge in [0.25, 0.3) is 0 Å². The average Bonchev–Trinajstić information content (AvgIpc) is 2.99. The molecule has 112 valence electrons. The second kappa shape index (κ2) is 6.15. The molecule has 0 aliphatic heterocycles. The van der Waals surface area contributed by atoms with E-state index in [1.807, 2.05) is 24.3 Å². The van der Waals surface area contributed by atoms with E-state index in [-0.39, 0.29) is 11.7 Å². The van der Waals surface area contributed by atoms with Crippen LogP contribution in [0.15, 0.2) is 48.5 Å². The van der Waals surface area contributed by atoms with Crippen molar-refractivity contribution >= 4 is 11.6 Å². The Hall–Kier alpha value is -2.40. The molecular weight excluding hydrogens is 305 g/mol. The Morgan fingerprint density at radius 3 is 2.36 bits per heavy atom. The van der Waals surface area contributed by atoms with Crippen LogP contribution in [0.4, 0.5) is 4.39 Å². The first-order valence-corrected chi connectivity index (χ1v) is 7.17. The van der Waals surface area contributed by atoms with Crippen LogP contribution in [0.2, 0.25) is 0 Å². The topological polar surface area (TPSA) is 39.9 Å². The van der Waals surface area contributed by atoms with Crippen molar-refractivity contribution in [1.29, 1.82) is 0 Å². The highest BCUT2D eigenvalue weighted by atomic mass is 35.5. The van der Waals surface area contributed by atoms with Gasteiger partial charge in [-0.15, -0.1) is 16.7 Å². The van der Waals surface area contributed by atoms with Crippen molar-refractivity contribution in [3.05, 3.63) is 60.0 Å². The van der Waals surface area contributed by atoms with Crippen LogP contribution in [0.3, 0.4) is 0 Å². The number of rotatable bonds is 4. The lowest BCUT2D eigenvalue weighted by atomic mass is 10.1. The Balaban J connectivity index is 2.11. The predicted molar refractivity (Wildman–Crippen MR) is 82.9 cm³/mol. The van der Waals surface area contributed by atoms with Crippen LogP contribution in [-0.4, -0.2) is 22.1 Å². The van der Waals surface area contributed by atoms with Gasteiger partial charge in [-0.25, -0.2) is 9.07 Å². The van der Waals surface area contributed by atoms with Crippen LogP contribution in [-0.2, 0) is 5.88 Å². The summed E-state index contributed by atoms with van der Waals surface area (Å²) in [7, 11) is 1.61. The lowest BCUT2D eigenvalue weighted by molar-refractivity contribution is 0.414. The molecule has 0 N–H and O–H groups in total. The number of ether oxygens (including phenoxy) is 1. The molecule has 3 aromatic rings. The molecule has 0 saturated heterocycles. The molecule has 0 fully saturated rings. The normalized spacial score (nSPS) is 10.7. The first kappa shape index (κ1) is 14.5. The molecule has 0 radical (unpaired) electrons. The van der Waals surface area contributed by atoms with Gasteiger partial charge in [0.1, 0.15) is 17.3 Å². The third kappa shape index (κ3) is 2.67. The molecule has 0 amide bonds. The van der Waals surface area contributed by atoms with Crippen molar-refractivity contribution in [2.75, 3.05) is 7.11 Å². The average molecular weight is 318 g/mol. The third-order valence-electron chi connectivity index (χ3n) is 3.30. The van der Waals surface area contributed by atoms with E-state index < -0.39 is 0 Å². The van der Waals surface area contributed by atoms with Crippen LogP contribution in [0.5, 0.6) is 5.75 Å². The summed E-state index contributed by atoms with van der Waals surface area (Å²) in [6.07, 6.45) is 0. The zero-order valence-corrected chi connectivity index (χ0v) is 12.6. The van der Waals surface area contributed by atoms with Crippen LogP contribution in [0, 0.1) is 5.82 Å². The Bertz CT molecular complexity index is 769. The van der Waals surface area contributed by atoms with Crippen LogP contribution in [0.1, 0.15) is 5.69 Å². The third-order valence-corrected chi connectivity index (χ3v) is 3.55. The molecule has 1 aromatic heterocycles. The number of alkyl halides is 1. The number of aromatic nitrogens is 3. The maximum Gasteiger partial charge on any atom is 0.123 e. The summed E-state index contributed by atoms with van der Waals surface area (Å²) in [6, 6.07) is 13.6. The van der Waals surface area contributed by atoms with Crippen molar-refractivity contribution in [3.63, 3.8) is 0 Å². The van der Waals surface area contributed by atoms with E-state index in [1.54, 1.807) is 23.9 Å². The van der Waals surface area contributed by atoms with E-state index in [1.165, 1.54) is 12.1 Å². The summed E-state index contributed by atoms with van der Waals surface area (Å²) >= 11 is 5.95. The first-order valence-electron chi connectivity index (χ1n) is 6.64. The molecule has 0 aliphatic carbocycles. The maximum absolute atomic E-state index is 13.1. The lowest BCUT2D eigenvalue weighted by Crippen LogP contribution is -2.00. The van der Waals surface area contributed by atoms with Gasteiger partial charge in [-0.3, -0.25) is 0 Å². The zero-order chi connectivity index (χ0) is 15.5. The van der Waals surface area contributed by atoms with Gasteiger partial charge in [-0.05, 0) is 48.5 Å². The molecular formula is C16H13ClFN3O. The van der Waals surface area contributed by atoms with E-state index in [2.05, 4.69) is 10.3 Å². The zero-order valence-electron chi connectivity index (χ0n) is 11.8. The van der Waals surface area contributed by atoms with E-state index >= 15 is 0 Å². The van der Waals surface area contributed by atoms with Gasteiger partial charge < -0.3 is 4.74 Å². The summed E-state index contributed by atoms with van der Waals surface area (Å²) in [5, 5.41) is 8.27. The minimum absolute atomic E-state index is 0.225. The van der Waals surface area contributed by atoms with Crippen LogP contribution < -0.4 is 4.74 Å². The SMILES string of the molecule is COc1ccc(-n2nnc(CCl)c2-c2ccc(F)cc2)cc1. The van der Waals surface area contributed by atoms with Crippen molar-refractivity contribution in [1.82, 2.24) is 15.0 Å². The number of benzene rings is 2. The molecule has 2 aromatic carbocycles. The molecule has 6 heteroatoms. The Kier molecular flexibility index (Phi) is 4.06. The van der Waals surface area contributed by atoms with E-state index in [0.29, 0.717) is 5.69 Å². The molecule has 0 aliphatic rings. The lowest BCUT2D eigenvalue weighted by Gasteiger charge is -2.08. The summed E-state index contributed by atoms with van der Waals surface area (Å²) in [5.41, 5.74) is 3.02. The van der Waals surface area contributed by atoms with E-state index in [4.69, 9.17) is 16.3 Å². The fourth-order valence-corrected chi connectivity index (χ4v) is 2.38. The summed E-state index contributed by atoms with van der Waals surface area (Å²) in [6.45, 7) is 0. The molecule has 3 rings (SSSR count). The van der Waals surface area contributed by atoms with Crippen LogP contribution in [0.25, 0.3) is 16.9 Å². The minimum atomic E-state index is -0.292. The van der Waals surface area contributed by atoms with Crippen molar-refractivity contribution in [3.8, 4) is 22.7 Å². The minimum Gasteiger partial charge on any atom is -0.497 e. The molecule has 0 unspecified atom stereocenters. The van der Waals surface area contributed by atoms with Gasteiger partial charge in [0.2, 0.25) is 0 Å². The van der Waals surface area contributed by atoms with Gasteiger partial charge >= 0.3 is 0 Å². The van der Waals surface area contributed by atoms with Gasteiger partial charge in [0.15, 0.2) is 0 Å². The molecule has 0 atom stereocenters. The highest BCUT2D eigenvalue weighted by molar-refractivity contribution is 6.17. The monoisotopic (exact) mass is 317 g/mol. The van der Waals surface area contributed by atoms with Gasteiger partial charge in [0.05, 0.1) is 24.4 Å². The molecule has 0 saturated carbocycles. The van der Waals surface area contributed by atoms with Crippen molar-refractivity contribution < 1.29 is 9.13 Å². The second-order valence-electron chi connectivity index (χ2n) is 4.64. The summed E-state index contributed by atoms with van der Waals surface area (Å²) in [5.74, 6) is 0.687. The smallest absolute Gasteiger partial charge is 0.123 e. The molecule has 1 heterocycles. The Morgan fingerprint density at radius 2 is 1.77 bits per heavy atom. The Labute approximate surface area is 132 Å². The fourth-order valence-electron chi connectivity index (χ4n) is 2.20.